The lowest BCUT2D eigenvalue weighted by molar-refractivity contribution is -0.134. The van der Waals surface area contributed by atoms with Gasteiger partial charge in [-0.15, -0.1) is 0 Å². The molecule has 0 bridgehead atoms. The topological polar surface area (TPSA) is 69.6 Å². The maximum absolute atomic E-state index is 9.00. The Balaban J connectivity index is 0. The molecule has 0 radical (unpaired) electrons. The van der Waals surface area contributed by atoms with Gasteiger partial charge in [-0.3, -0.25) is 4.79 Å². The molecule has 4 nitrogen and oxygen atoms in total. The van der Waals surface area contributed by atoms with E-state index in [4.69, 9.17) is 15.0 Å². The van der Waals surface area contributed by atoms with E-state index in [-0.39, 0.29) is 6.61 Å². The van der Waals surface area contributed by atoms with Gasteiger partial charge in [0.25, 0.3) is 5.97 Å². The minimum Gasteiger partial charge on any atom is -0.481 e. The summed E-state index contributed by atoms with van der Waals surface area (Å²) in [6.45, 7) is 5.37. The predicted octanol–water partition coefficient (Wildman–Crippen LogP) is 1.63. The van der Waals surface area contributed by atoms with Crippen LogP contribution in [0.15, 0.2) is 0 Å². The number of hydrogen-bond donors (Lipinski definition) is 3. The van der Waals surface area contributed by atoms with Crippen molar-refractivity contribution in [1.82, 2.24) is 5.32 Å². The van der Waals surface area contributed by atoms with Crippen LogP contribution in [0.2, 0.25) is 0 Å². The summed E-state index contributed by atoms with van der Waals surface area (Å²) in [7, 11) is 0. The fraction of sp³-hybridized carbons (Fsp3) is 0.909. The van der Waals surface area contributed by atoms with Crippen molar-refractivity contribution in [3.63, 3.8) is 0 Å². The van der Waals surface area contributed by atoms with Crippen LogP contribution >= 0.6 is 0 Å². The molecular weight excluding hydrogens is 194 g/mol. The molecule has 0 atom stereocenters. The molecule has 0 spiro atoms. The first-order chi connectivity index (χ1) is 7.15. The second kappa shape index (κ2) is 15.8. The van der Waals surface area contributed by atoms with Gasteiger partial charge in [-0.2, -0.15) is 0 Å². The van der Waals surface area contributed by atoms with Crippen LogP contribution in [0.5, 0.6) is 0 Å². The Morgan fingerprint density at radius 3 is 2.13 bits per heavy atom. The van der Waals surface area contributed by atoms with Gasteiger partial charge in [-0.1, -0.05) is 32.6 Å². The summed E-state index contributed by atoms with van der Waals surface area (Å²) in [5, 5.41) is 19.0. The van der Waals surface area contributed by atoms with E-state index in [9.17, 15) is 0 Å². The summed E-state index contributed by atoms with van der Waals surface area (Å²) >= 11 is 0. The molecule has 0 aromatic carbocycles. The molecule has 4 heteroatoms. The normalized spacial score (nSPS) is 9.27. The standard InChI is InChI=1S/C9H21NO.C2H4O2/c1-2-3-4-5-6-7-10-8-9-11;1-2(3)4/h10-11H,2-9H2,1H3;1H3,(H,3,4). The van der Waals surface area contributed by atoms with E-state index < -0.39 is 5.97 Å². The first-order valence-electron chi connectivity index (χ1n) is 5.66. The Bertz CT molecular complexity index is 117. The highest BCUT2D eigenvalue weighted by Gasteiger charge is 1.87. The Hall–Kier alpha value is -0.610. The monoisotopic (exact) mass is 219 g/mol. The van der Waals surface area contributed by atoms with Gasteiger partial charge in [-0.25, -0.2) is 0 Å². The van der Waals surface area contributed by atoms with Crippen molar-refractivity contribution in [2.75, 3.05) is 19.7 Å². The third-order valence-electron chi connectivity index (χ3n) is 1.75. The van der Waals surface area contributed by atoms with Crippen molar-refractivity contribution in [2.24, 2.45) is 0 Å². The minimum absolute atomic E-state index is 0.259. The van der Waals surface area contributed by atoms with Crippen LogP contribution in [-0.2, 0) is 4.79 Å². The third-order valence-corrected chi connectivity index (χ3v) is 1.75. The van der Waals surface area contributed by atoms with Gasteiger partial charge in [0.1, 0.15) is 0 Å². The maximum atomic E-state index is 9.00. The van der Waals surface area contributed by atoms with Crippen LogP contribution < -0.4 is 5.32 Å². The van der Waals surface area contributed by atoms with Crippen molar-refractivity contribution in [3.05, 3.63) is 0 Å². The minimum atomic E-state index is -0.833. The zero-order valence-corrected chi connectivity index (χ0v) is 9.96. The molecule has 0 aliphatic carbocycles. The van der Waals surface area contributed by atoms with Gasteiger partial charge in [0.2, 0.25) is 0 Å². The average molecular weight is 219 g/mol. The van der Waals surface area contributed by atoms with Crippen molar-refractivity contribution in [1.29, 1.82) is 0 Å². The van der Waals surface area contributed by atoms with E-state index in [0.717, 1.165) is 20.0 Å². The van der Waals surface area contributed by atoms with Gasteiger partial charge < -0.3 is 15.5 Å². The number of rotatable bonds is 8. The maximum Gasteiger partial charge on any atom is 0.300 e. The number of carboxylic acid groups (broad SMARTS) is 1. The first-order valence-corrected chi connectivity index (χ1v) is 5.66. The number of nitrogens with one attached hydrogen (secondary N) is 1. The number of hydrogen-bond acceptors (Lipinski definition) is 3. The molecule has 0 aromatic heterocycles. The molecule has 15 heavy (non-hydrogen) atoms. The van der Waals surface area contributed by atoms with E-state index in [1.54, 1.807) is 0 Å². The fourth-order valence-corrected chi connectivity index (χ4v) is 1.06. The Kier molecular flexibility index (Phi) is 17.8. The largest absolute Gasteiger partial charge is 0.481 e. The molecule has 0 aliphatic heterocycles. The highest BCUT2D eigenvalue weighted by molar-refractivity contribution is 5.62. The number of unbranched alkanes of at least 4 members (excludes halogenated alkanes) is 4. The first kappa shape index (κ1) is 16.8. The SMILES string of the molecule is CC(=O)O.CCCCCCCNCCO. The summed E-state index contributed by atoms with van der Waals surface area (Å²) in [6.07, 6.45) is 6.60. The molecule has 0 amide bonds. The fourth-order valence-electron chi connectivity index (χ4n) is 1.06. The molecule has 0 aliphatic rings. The van der Waals surface area contributed by atoms with Crippen LogP contribution in [0.3, 0.4) is 0 Å². The molecule has 0 unspecified atom stereocenters. The van der Waals surface area contributed by atoms with Crippen LogP contribution in [0.4, 0.5) is 0 Å². The molecule has 0 fully saturated rings. The molecule has 0 rings (SSSR count). The molecule has 92 valence electrons. The zero-order valence-electron chi connectivity index (χ0n) is 9.96. The zero-order chi connectivity index (χ0) is 11.9. The molecule has 0 heterocycles. The molecule has 3 N–H and O–H groups in total. The number of carboxylic acids is 1. The van der Waals surface area contributed by atoms with Gasteiger partial charge in [-0.05, 0) is 13.0 Å². The van der Waals surface area contributed by atoms with Crippen LogP contribution in [-0.4, -0.2) is 35.9 Å². The summed E-state index contributed by atoms with van der Waals surface area (Å²) in [5.41, 5.74) is 0. The van der Waals surface area contributed by atoms with Crippen molar-refractivity contribution in [3.8, 4) is 0 Å². The van der Waals surface area contributed by atoms with Crippen LogP contribution in [0, 0.1) is 0 Å². The van der Waals surface area contributed by atoms with E-state index in [1.165, 1.54) is 32.1 Å². The van der Waals surface area contributed by atoms with Crippen molar-refractivity contribution in [2.45, 2.75) is 46.0 Å². The lowest BCUT2D eigenvalue weighted by Crippen LogP contribution is -2.19. The van der Waals surface area contributed by atoms with Gasteiger partial charge in [0, 0.05) is 13.5 Å². The van der Waals surface area contributed by atoms with E-state index in [0.29, 0.717) is 0 Å². The summed E-state index contributed by atoms with van der Waals surface area (Å²) in [5.74, 6) is -0.833. The summed E-state index contributed by atoms with van der Waals surface area (Å²) < 4.78 is 0. The van der Waals surface area contributed by atoms with E-state index >= 15 is 0 Å². The molecule has 0 saturated heterocycles. The average Bonchev–Trinajstić information content (AvgIpc) is 2.16. The number of carbonyl (C=O) groups is 1. The smallest absolute Gasteiger partial charge is 0.300 e. The summed E-state index contributed by atoms with van der Waals surface area (Å²) in [6, 6.07) is 0. The Morgan fingerprint density at radius 2 is 1.67 bits per heavy atom. The number of aliphatic hydroxyl groups is 1. The highest BCUT2D eigenvalue weighted by atomic mass is 16.4. The third kappa shape index (κ3) is 31.8. The number of aliphatic hydroxyl groups excluding tert-OH is 1. The van der Waals surface area contributed by atoms with Gasteiger partial charge in [0.05, 0.1) is 6.61 Å². The van der Waals surface area contributed by atoms with Gasteiger partial charge in [0.15, 0.2) is 0 Å². The Labute approximate surface area is 92.7 Å². The highest BCUT2D eigenvalue weighted by Crippen LogP contribution is 2.00. The van der Waals surface area contributed by atoms with Crippen LogP contribution in [0.1, 0.15) is 46.0 Å². The molecule has 0 aromatic rings. The van der Waals surface area contributed by atoms with Crippen molar-refractivity contribution >= 4 is 5.97 Å². The van der Waals surface area contributed by atoms with Crippen LogP contribution in [0.25, 0.3) is 0 Å². The second-order valence-electron chi connectivity index (χ2n) is 3.41. The molecule has 0 saturated carbocycles. The number of aliphatic carboxylic acids is 1. The second-order valence-corrected chi connectivity index (χ2v) is 3.41. The molecular formula is C11H25NO3. The van der Waals surface area contributed by atoms with Gasteiger partial charge >= 0.3 is 0 Å². The predicted molar refractivity (Wildman–Crippen MR) is 62.0 cm³/mol. The Morgan fingerprint density at radius 1 is 1.13 bits per heavy atom. The lowest BCUT2D eigenvalue weighted by atomic mass is 10.1. The summed E-state index contributed by atoms with van der Waals surface area (Å²) in [4.78, 5) is 9.00. The van der Waals surface area contributed by atoms with E-state index in [2.05, 4.69) is 12.2 Å². The quantitative estimate of drug-likeness (QED) is 0.543. The lowest BCUT2D eigenvalue weighted by Gasteiger charge is -2.01. The van der Waals surface area contributed by atoms with Crippen molar-refractivity contribution < 1.29 is 15.0 Å². The van der Waals surface area contributed by atoms with E-state index in [1.807, 2.05) is 0 Å².